The number of likely N-dealkylation sites (tertiary alicyclic amines) is 1. The molecule has 1 aromatic rings. The molecule has 2 rings (SSSR count). The van der Waals surface area contributed by atoms with Crippen molar-refractivity contribution in [3.8, 4) is 0 Å². The zero-order chi connectivity index (χ0) is 17.7. The summed E-state index contributed by atoms with van der Waals surface area (Å²) in [5.74, 6) is 1.20. The molecule has 0 aromatic heterocycles. The molecule has 0 bridgehead atoms. The van der Waals surface area contributed by atoms with Gasteiger partial charge in [-0.1, -0.05) is 26.0 Å². The molecular formula is C18H27N3O2S. The second-order valence-electron chi connectivity index (χ2n) is 6.77. The highest BCUT2D eigenvalue weighted by molar-refractivity contribution is 7.99. The molecule has 2 amide bonds. The number of nitrogens with zero attached hydrogens (tertiary/aromatic N) is 1. The van der Waals surface area contributed by atoms with Gasteiger partial charge < -0.3 is 11.1 Å². The van der Waals surface area contributed by atoms with Gasteiger partial charge in [0.1, 0.15) is 0 Å². The zero-order valence-corrected chi connectivity index (χ0v) is 15.4. The number of benzene rings is 1. The number of carbonyl (C=O) groups excluding carboxylic acids is 2. The molecule has 1 fully saturated rings. The smallest absolute Gasteiger partial charge is 0.248 e. The van der Waals surface area contributed by atoms with Crippen LogP contribution in [0.5, 0.6) is 0 Å². The van der Waals surface area contributed by atoms with Crippen molar-refractivity contribution in [2.24, 2.45) is 17.6 Å². The van der Waals surface area contributed by atoms with E-state index < -0.39 is 5.91 Å². The largest absolute Gasteiger partial charge is 0.366 e. The van der Waals surface area contributed by atoms with E-state index in [1.54, 1.807) is 23.9 Å². The summed E-state index contributed by atoms with van der Waals surface area (Å²) in [7, 11) is 0. The lowest BCUT2D eigenvalue weighted by Crippen LogP contribution is -2.42. The third kappa shape index (κ3) is 4.98. The van der Waals surface area contributed by atoms with E-state index in [9.17, 15) is 9.59 Å². The van der Waals surface area contributed by atoms with Gasteiger partial charge in [-0.2, -0.15) is 11.8 Å². The van der Waals surface area contributed by atoms with Crippen LogP contribution in [0.2, 0.25) is 0 Å². The van der Waals surface area contributed by atoms with E-state index in [2.05, 4.69) is 24.1 Å². The molecule has 2 atom stereocenters. The fourth-order valence-corrected chi connectivity index (χ4v) is 3.63. The van der Waals surface area contributed by atoms with Crippen LogP contribution in [-0.2, 0) is 11.3 Å². The molecule has 1 heterocycles. The van der Waals surface area contributed by atoms with Crippen molar-refractivity contribution in [2.45, 2.75) is 26.4 Å². The number of carbonyl (C=O) groups is 2. The summed E-state index contributed by atoms with van der Waals surface area (Å²) in [5, 5.41) is 3.19. The minimum absolute atomic E-state index is 0.116. The number of hydrogen-bond donors (Lipinski definition) is 2. The van der Waals surface area contributed by atoms with Crippen molar-refractivity contribution >= 4 is 23.6 Å². The molecule has 0 spiro atoms. The van der Waals surface area contributed by atoms with Crippen LogP contribution in [0, 0.1) is 11.8 Å². The number of nitrogens with one attached hydrogen (secondary N) is 1. The fraction of sp³-hybridized carbons (Fsp3) is 0.556. The van der Waals surface area contributed by atoms with Crippen LogP contribution in [-0.4, -0.2) is 47.9 Å². The molecule has 2 unspecified atom stereocenters. The summed E-state index contributed by atoms with van der Waals surface area (Å²) >= 11 is 1.55. The maximum atomic E-state index is 11.9. The molecule has 0 saturated carbocycles. The Bertz CT molecular complexity index is 574. The molecule has 5 nitrogen and oxygen atoms in total. The number of nitrogens with two attached hydrogens (primary N) is 1. The van der Waals surface area contributed by atoms with Gasteiger partial charge in [-0.25, -0.2) is 0 Å². The number of rotatable bonds is 7. The van der Waals surface area contributed by atoms with Crippen molar-refractivity contribution in [3.63, 3.8) is 0 Å². The Labute approximate surface area is 148 Å². The second-order valence-corrected chi connectivity index (χ2v) is 7.64. The highest BCUT2D eigenvalue weighted by Crippen LogP contribution is 2.26. The van der Waals surface area contributed by atoms with E-state index in [1.165, 1.54) is 0 Å². The van der Waals surface area contributed by atoms with E-state index in [0.717, 1.165) is 25.2 Å². The van der Waals surface area contributed by atoms with Crippen LogP contribution in [0.3, 0.4) is 0 Å². The van der Waals surface area contributed by atoms with Crippen molar-refractivity contribution in [3.05, 3.63) is 35.4 Å². The van der Waals surface area contributed by atoms with Crippen molar-refractivity contribution in [1.82, 2.24) is 10.2 Å². The minimum Gasteiger partial charge on any atom is -0.366 e. The molecule has 1 aromatic carbocycles. The monoisotopic (exact) mass is 349 g/mol. The van der Waals surface area contributed by atoms with Crippen LogP contribution in [0.1, 0.15) is 29.8 Å². The lowest BCUT2D eigenvalue weighted by Gasteiger charge is -2.22. The summed E-state index contributed by atoms with van der Waals surface area (Å²) in [6, 6.07) is 7.64. The highest BCUT2D eigenvalue weighted by Gasteiger charge is 2.35. The molecule has 0 radical (unpaired) electrons. The Balaban J connectivity index is 1.98. The van der Waals surface area contributed by atoms with E-state index in [4.69, 9.17) is 5.73 Å². The molecule has 24 heavy (non-hydrogen) atoms. The second kappa shape index (κ2) is 8.53. The van der Waals surface area contributed by atoms with E-state index in [1.807, 2.05) is 18.4 Å². The summed E-state index contributed by atoms with van der Waals surface area (Å²) in [4.78, 5) is 25.5. The summed E-state index contributed by atoms with van der Waals surface area (Å²) < 4.78 is 0. The molecule has 1 aliphatic rings. The average Bonchev–Trinajstić information content (AvgIpc) is 2.90. The van der Waals surface area contributed by atoms with Crippen LogP contribution < -0.4 is 11.1 Å². The summed E-state index contributed by atoms with van der Waals surface area (Å²) in [5.41, 5.74) is 6.96. The first-order chi connectivity index (χ1) is 11.4. The van der Waals surface area contributed by atoms with Gasteiger partial charge >= 0.3 is 0 Å². The number of thioether (sulfide) groups is 1. The zero-order valence-electron chi connectivity index (χ0n) is 14.6. The molecule has 3 N–H and O–H groups in total. The lowest BCUT2D eigenvalue weighted by atomic mass is 9.91. The topological polar surface area (TPSA) is 75.4 Å². The Morgan fingerprint density at radius 2 is 1.96 bits per heavy atom. The van der Waals surface area contributed by atoms with Gasteiger partial charge in [0.15, 0.2) is 0 Å². The van der Waals surface area contributed by atoms with E-state index in [-0.39, 0.29) is 11.9 Å². The first-order valence-corrected chi connectivity index (χ1v) is 9.69. The van der Waals surface area contributed by atoms with Crippen LogP contribution >= 0.6 is 11.8 Å². The first kappa shape index (κ1) is 18.8. The van der Waals surface area contributed by atoms with Gasteiger partial charge in [-0.15, -0.1) is 0 Å². The average molecular weight is 350 g/mol. The van der Waals surface area contributed by atoms with Crippen molar-refractivity contribution in [1.29, 1.82) is 0 Å². The van der Waals surface area contributed by atoms with E-state index >= 15 is 0 Å². The molecule has 1 aliphatic heterocycles. The Morgan fingerprint density at radius 1 is 1.29 bits per heavy atom. The van der Waals surface area contributed by atoms with Gasteiger partial charge in [-0.05, 0) is 35.8 Å². The van der Waals surface area contributed by atoms with Gasteiger partial charge in [0.25, 0.3) is 0 Å². The normalized spacial score (nSPS) is 21.2. The van der Waals surface area contributed by atoms with Crippen molar-refractivity contribution in [2.75, 3.05) is 25.1 Å². The Hall–Kier alpha value is -1.53. The summed E-state index contributed by atoms with van der Waals surface area (Å²) in [6.45, 7) is 7.07. The van der Waals surface area contributed by atoms with Crippen LogP contribution in [0.15, 0.2) is 24.3 Å². The van der Waals surface area contributed by atoms with Crippen LogP contribution in [0.4, 0.5) is 0 Å². The quantitative estimate of drug-likeness (QED) is 0.786. The van der Waals surface area contributed by atoms with E-state index in [0.29, 0.717) is 23.2 Å². The minimum atomic E-state index is -0.404. The number of hydrogen-bond acceptors (Lipinski definition) is 4. The molecule has 6 heteroatoms. The SMILES string of the molecule is CSCC(=O)NC1CN(Cc2ccc(C(N)=O)cc2)CC1C(C)C. The lowest BCUT2D eigenvalue weighted by molar-refractivity contribution is -0.119. The summed E-state index contributed by atoms with van der Waals surface area (Å²) in [6.07, 6.45) is 1.94. The third-order valence-corrected chi connectivity index (χ3v) is 5.11. The molecule has 1 saturated heterocycles. The van der Waals surface area contributed by atoms with Gasteiger partial charge in [-0.3, -0.25) is 14.5 Å². The Kier molecular flexibility index (Phi) is 6.69. The third-order valence-electron chi connectivity index (χ3n) is 4.56. The fourth-order valence-electron chi connectivity index (χ4n) is 3.28. The van der Waals surface area contributed by atoms with Crippen LogP contribution in [0.25, 0.3) is 0 Å². The van der Waals surface area contributed by atoms with Gasteiger partial charge in [0, 0.05) is 31.2 Å². The molecule has 132 valence electrons. The van der Waals surface area contributed by atoms with Gasteiger partial charge in [0.05, 0.1) is 5.75 Å². The maximum absolute atomic E-state index is 11.9. The molecule has 0 aliphatic carbocycles. The van der Waals surface area contributed by atoms with Crippen molar-refractivity contribution < 1.29 is 9.59 Å². The predicted molar refractivity (Wildman–Crippen MR) is 98.9 cm³/mol. The first-order valence-electron chi connectivity index (χ1n) is 8.30. The number of primary amides is 1. The Morgan fingerprint density at radius 3 is 2.50 bits per heavy atom. The van der Waals surface area contributed by atoms with Gasteiger partial charge in [0.2, 0.25) is 11.8 Å². The predicted octanol–water partition coefficient (Wildman–Crippen LogP) is 1.72. The standard InChI is InChI=1S/C18H27N3O2S/c1-12(2)15-9-21(10-16(15)20-17(22)11-24-3)8-13-4-6-14(7-5-13)18(19)23/h4-7,12,15-16H,8-11H2,1-3H3,(H2,19,23)(H,20,22). The highest BCUT2D eigenvalue weighted by atomic mass is 32.2. The molecular weight excluding hydrogens is 322 g/mol. The number of amides is 2. The maximum Gasteiger partial charge on any atom is 0.248 e.